The number of anilines is 1. The number of benzene rings is 1. The molecule has 0 aliphatic rings. The monoisotopic (exact) mass is 271 g/mol. The fourth-order valence-electron chi connectivity index (χ4n) is 1.87. The average molecular weight is 271 g/mol. The van der Waals surface area contributed by atoms with Gasteiger partial charge in [-0.1, -0.05) is 32.9 Å². The smallest absolute Gasteiger partial charge is 0.143 e. The first-order valence-corrected chi connectivity index (χ1v) is 6.76. The summed E-state index contributed by atoms with van der Waals surface area (Å²) in [6, 6.07) is 11.8. The van der Waals surface area contributed by atoms with E-state index in [-0.39, 0.29) is 5.41 Å². The van der Waals surface area contributed by atoms with Crippen LogP contribution in [0, 0.1) is 0 Å². The molecule has 0 amide bonds. The zero-order valence-electron chi connectivity index (χ0n) is 12.2. The van der Waals surface area contributed by atoms with Crippen molar-refractivity contribution in [2.24, 2.45) is 5.84 Å². The van der Waals surface area contributed by atoms with Gasteiger partial charge in [-0.15, -0.1) is 0 Å². The van der Waals surface area contributed by atoms with E-state index in [0.29, 0.717) is 11.6 Å². The molecule has 0 atom stereocenters. The first-order valence-electron chi connectivity index (χ1n) is 6.76. The summed E-state index contributed by atoms with van der Waals surface area (Å²) in [6.45, 7) is 6.68. The van der Waals surface area contributed by atoms with Crippen LogP contribution in [0.4, 0.5) is 5.82 Å². The third-order valence-electron chi connectivity index (χ3n) is 3.63. The second-order valence-corrected chi connectivity index (χ2v) is 5.38. The van der Waals surface area contributed by atoms with Gasteiger partial charge in [0.1, 0.15) is 17.3 Å². The molecular formula is C16H21N3O. The molecule has 20 heavy (non-hydrogen) atoms. The van der Waals surface area contributed by atoms with Gasteiger partial charge in [0.15, 0.2) is 0 Å². The molecule has 1 heterocycles. The molecule has 0 saturated heterocycles. The predicted molar refractivity (Wildman–Crippen MR) is 81.9 cm³/mol. The van der Waals surface area contributed by atoms with Crippen molar-refractivity contribution < 1.29 is 4.74 Å². The molecular weight excluding hydrogens is 250 g/mol. The number of hydrogen-bond acceptors (Lipinski definition) is 4. The number of nitrogen functional groups attached to an aromatic ring is 1. The van der Waals surface area contributed by atoms with Crippen molar-refractivity contribution in [3.8, 4) is 11.5 Å². The van der Waals surface area contributed by atoms with Gasteiger partial charge in [-0.05, 0) is 35.6 Å². The molecule has 1 aromatic heterocycles. The lowest BCUT2D eigenvalue weighted by Gasteiger charge is -2.23. The number of hydrogen-bond donors (Lipinski definition) is 2. The molecule has 0 bridgehead atoms. The molecule has 0 spiro atoms. The van der Waals surface area contributed by atoms with Crippen molar-refractivity contribution in [1.82, 2.24) is 4.98 Å². The first kappa shape index (κ1) is 14.3. The highest BCUT2D eigenvalue weighted by molar-refractivity contribution is 5.42. The van der Waals surface area contributed by atoms with E-state index in [1.54, 1.807) is 18.3 Å². The minimum Gasteiger partial charge on any atom is -0.457 e. The Morgan fingerprint density at radius 2 is 1.85 bits per heavy atom. The van der Waals surface area contributed by atoms with Gasteiger partial charge in [-0.2, -0.15) is 0 Å². The molecule has 1 aromatic carbocycles. The van der Waals surface area contributed by atoms with Crippen LogP contribution in [0.5, 0.6) is 11.5 Å². The van der Waals surface area contributed by atoms with Gasteiger partial charge >= 0.3 is 0 Å². The fourth-order valence-corrected chi connectivity index (χ4v) is 1.87. The number of aromatic nitrogens is 1. The second-order valence-electron chi connectivity index (χ2n) is 5.38. The minimum atomic E-state index is 0.186. The zero-order chi connectivity index (χ0) is 14.6. The third kappa shape index (κ3) is 3.27. The lowest BCUT2D eigenvalue weighted by Crippen LogP contribution is -2.14. The highest BCUT2D eigenvalue weighted by Crippen LogP contribution is 2.29. The maximum absolute atomic E-state index is 5.79. The Labute approximate surface area is 120 Å². The minimum absolute atomic E-state index is 0.186. The summed E-state index contributed by atoms with van der Waals surface area (Å²) < 4.78 is 5.79. The molecule has 2 aromatic rings. The van der Waals surface area contributed by atoms with E-state index in [1.807, 2.05) is 12.1 Å². The SMILES string of the molecule is CCC(C)(C)c1ccc(Oc2ccnc(NN)c2)cc1. The summed E-state index contributed by atoms with van der Waals surface area (Å²) in [5.74, 6) is 7.41. The van der Waals surface area contributed by atoms with Crippen LogP contribution in [0.2, 0.25) is 0 Å². The van der Waals surface area contributed by atoms with Crippen LogP contribution in [0.3, 0.4) is 0 Å². The zero-order valence-corrected chi connectivity index (χ0v) is 12.2. The normalized spacial score (nSPS) is 11.2. The van der Waals surface area contributed by atoms with Crippen molar-refractivity contribution in [3.63, 3.8) is 0 Å². The molecule has 0 saturated carbocycles. The summed E-state index contributed by atoms with van der Waals surface area (Å²) >= 11 is 0. The summed E-state index contributed by atoms with van der Waals surface area (Å²) in [7, 11) is 0. The Morgan fingerprint density at radius 3 is 2.45 bits per heavy atom. The number of pyridine rings is 1. The molecule has 2 rings (SSSR count). The maximum atomic E-state index is 5.79. The van der Waals surface area contributed by atoms with Gasteiger partial charge in [0, 0.05) is 12.3 Å². The standard InChI is InChI=1S/C16H21N3O/c1-4-16(2,3)12-5-7-13(8-6-12)20-14-9-10-18-15(11-14)19-17/h5-11H,4,17H2,1-3H3,(H,18,19). The number of ether oxygens (including phenoxy) is 1. The second kappa shape index (κ2) is 5.92. The molecule has 0 aliphatic heterocycles. The Bertz CT molecular complexity index is 564. The van der Waals surface area contributed by atoms with Gasteiger partial charge in [0.05, 0.1) is 0 Å². The number of nitrogens with one attached hydrogen (secondary N) is 1. The Balaban J connectivity index is 2.14. The Kier molecular flexibility index (Phi) is 4.25. The molecule has 3 N–H and O–H groups in total. The topological polar surface area (TPSA) is 60.2 Å². The lowest BCUT2D eigenvalue weighted by atomic mass is 9.82. The van der Waals surface area contributed by atoms with Crippen molar-refractivity contribution in [2.45, 2.75) is 32.6 Å². The fraction of sp³-hybridized carbons (Fsp3) is 0.312. The van der Waals surface area contributed by atoms with Gasteiger partial charge < -0.3 is 10.2 Å². The summed E-state index contributed by atoms with van der Waals surface area (Å²) in [6.07, 6.45) is 2.75. The van der Waals surface area contributed by atoms with E-state index in [4.69, 9.17) is 10.6 Å². The van der Waals surface area contributed by atoms with E-state index >= 15 is 0 Å². The lowest BCUT2D eigenvalue weighted by molar-refractivity contribution is 0.478. The van der Waals surface area contributed by atoms with E-state index < -0.39 is 0 Å². The highest BCUT2D eigenvalue weighted by Gasteiger charge is 2.17. The molecule has 0 radical (unpaired) electrons. The van der Waals surface area contributed by atoms with Gasteiger partial charge in [-0.25, -0.2) is 10.8 Å². The summed E-state index contributed by atoms with van der Waals surface area (Å²) in [5, 5.41) is 0. The van der Waals surface area contributed by atoms with E-state index in [1.165, 1.54) is 5.56 Å². The number of rotatable bonds is 5. The summed E-state index contributed by atoms with van der Waals surface area (Å²) in [5.41, 5.74) is 4.00. The number of hydrazine groups is 1. The third-order valence-corrected chi connectivity index (χ3v) is 3.63. The average Bonchev–Trinajstić information content (AvgIpc) is 2.48. The van der Waals surface area contributed by atoms with Crippen LogP contribution >= 0.6 is 0 Å². The first-order chi connectivity index (χ1) is 9.55. The van der Waals surface area contributed by atoms with Gasteiger partial charge in [-0.3, -0.25) is 0 Å². The molecule has 0 fully saturated rings. The quantitative estimate of drug-likeness (QED) is 0.640. The van der Waals surface area contributed by atoms with Gasteiger partial charge in [0.2, 0.25) is 0 Å². The van der Waals surface area contributed by atoms with Crippen LogP contribution in [-0.4, -0.2) is 4.98 Å². The molecule has 0 aliphatic carbocycles. The van der Waals surface area contributed by atoms with Crippen LogP contribution in [0.1, 0.15) is 32.8 Å². The summed E-state index contributed by atoms with van der Waals surface area (Å²) in [4.78, 5) is 4.04. The van der Waals surface area contributed by atoms with Crippen LogP contribution in [0.25, 0.3) is 0 Å². The van der Waals surface area contributed by atoms with E-state index in [9.17, 15) is 0 Å². The largest absolute Gasteiger partial charge is 0.457 e. The van der Waals surface area contributed by atoms with Crippen molar-refractivity contribution in [3.05, 3.63) is 48.2 Å². The Hall–Kier alpha value is -2.07. The molecule has 4 nitrogen and oxygen atoms in total. The number of nitrogens with zero attached hydrogens (tertiary/aromatic N) is 1. The van der Waals surface area contributed by atoms with Crippen molar-refractivity contribution in [1.29, 1.82) is 0 Å². The van der Waals surface area contributed by atoms with Crippen LogP contribution < -0.4 is 16.0 Å². The van der Waals surface area contributed by atoms with Gasteiger partial charge in [0.25, 0.3) is 0 Å². The van der Waals surface area contributed by atoms with Crippen molar-refractivity contribution >= 4 is 5.82 Å². The Morgan fingerprint density at radius 1 is 1.15 bits per heavy atom. The highest BCUT2D eigenvalue weighted by atomic mass is 16.5. The maximum Gasteiger partial charge on any atom is 0.143 e. The molecule has 0 unspecified atom stereocenters. The van der Waals surface area contributed by atoms with E-state index in [2.05, 4.69) is 43.3 Å². The number of nitrogens with two attached hydrogens (primary N) is 1. The van der Waals surface area contributed by atoms with Crippen LogP contribution in [0.15, 0.2) is 42.6 Å². The van der Waals surface area contributed by atoms with E-state index in [0.717, 1.165) is 12.2 Å². The van der Waals surface area contributed by atoms with Crippen molar-refractivity contribution in [2.75, 3.05) is 5.43 Å². The predicted octanol–water partition coefficient (Wildman–Crippen LogP) is 3.85. The molecule has 106 valence electrons. The van der Waals surface area contributed by atoms with Crippen LogP contribution in [-0.2, 0) is 5.41 Å². The molecule has 4 heteroatoms.